The molecule has 0 saturated heterocycles. The SMILES string of the molecule is COc1ccc(CN=C(N)NCC(c2ccc(OC)c(OC)c2)N(C)C)cc1OC.I. The number of nitrogens with one attached hydrogen (secondary N) is 1. The van der Waals surface area contributed by atoms with Crippen molar-refractivity contribution in [2.45, 2.75) is 12.6 Å². The van der Waals surface area contributed by atoms with Crippen molar-refractivity contribution in [1.29, 1.82) is 0 Å². The molecule has 0 aliphatic rings. The number of guanidine groups is 1. The number of methoxy groups -OCH3 is 4. The van der Waals surface area contributed by atoms with Crippen molar-refractivity contribution in [2.75, 3.05) is 49.1 Å². The van der Waals surface area contributed by atoms with Gasteiger partial charge in [-0.2, -0.15) is 0 Å². The minimum Gasteiger partial charge on any atom is -0.493 e. The Morgan fingerprint density at radius 2 is 1.45 bits per heavy atom. The van der Waals surface area contributed by atoms with Crippen molar-refractivity contribution < 1.29 is 18.9 Å². The third-order valence-electron chi connectivity index (χ3n) is 4.77. The zero-order chi connectivity index (χ0) is 22.1. The summed E-state index contributed by atoms with van der Waals surface area (Å²) in [7, 11) is 10.5. The number of hydrogen-bond donors (Lipinski definition) is 2. The second-order valence-corrected chi connectivity index (χ2v) is 6.87. The minimum absolute atomic E-state index is 0. The number of nitrogens with two attached hydrogens (primary N) is 1. The van der Waals surface area contributed by atoms with Crippen LogP contribution in [0.3, 0.4) is 0 Å². The van der Waals surface area contributed by atoms with E-state index in [4.69, 9.17) is 24.7 Å². The Hall–Kier alpha value is -2.40. The normalized spacial score (nSPS) is 12.0. The standard InChI is InChI=1S/C22H32N4O4.HI/c1-26(2)17(16-8-10-19(28-4)21(12-16)30-6)14-25-22(23)24-13-15-7-9-18(27-3)20(11-15)29-5;/h7-12,17H,13-14H2,1-6H3,(H3,23,24,25);1H. The first-order chi connectivity index (χ1) is 14.4. The first kappa shape index (κ1) is 26.6. The second-order valence-electron chi connectivity index (χ2n) is 6.87. The van der Waals surface area contributed by atoms with Crippen molar-refractivity contribution in [3.05, 3.63) is 47.5 Å². The highest BCUT2D eigenvalue weighted by Crippen LogP contribution is 2.31. The molecular weight excluding hydrogens is 511 g/mol. The molecular formula is C22H33IN4O4. The molecule has 9 heteroatoms. The van der Waals surface area contributed by atoms with E-state index < -0.39 is 0 Å². The van der Waals surface area contributed by atoms with Crippen LogP contribution in [0.1, 0.15) is 17.2 Å². The van der Waals surface area contributed by atoms with Gasteiger partial charge in [-0.15, -0.1) is 24.0 Å². The fraction of sp³-hybridized carbons (Fsp3) is 0.409. The minimum atomic E-state index is 0. The third kappa shape index (κ3) is 7.35. The van der Waals surface area contributed by atoms with Gasteiger partial charge in [0, 0.05) is 6.54 Å². The van der Waals surface area contributed by atoms with Crippen LogP contribution in [0.25, 0.3) is 0 Å². The Bertz CT molecular complexity index is 861. The molecule has 0 saturated carbocycles. The first-order valence-electron chi connectivity index (χ1n) is 9.56. The van der Waals surface area contributed by atoms with Gasteiger partial charge >= 0.3 is 0 Å². The monoisotopic (exact) mass is 544 g/mol. The largest absolute Gasteiger partial charge is 0.493 e. The molecule has 0 aromatic heterocycles. The van der Waals surface area contributed by atoms with Crippen LogP contribution in [0.2, 0.25) is 0 Å². The molecule has 0 amide bonds. The lowest BCUT2D eigenvalue weighted by atomic mass is 10.1. The smallest absolute Gasteiger partial charge is 0.188 e. The van der Waals surface area contributed by atoms with E-state index in [2.05, 4.69) is 15.2 Å². The van der Waals surface area contributed by atoms with Gasteiger partial charge in [-0.05, 0) is 49.5 Å². The predicted molar refractivity (Wildman–Crippen MR) is 134 cm³/mol. The Morgan fingerprint density at radius 3 is 2.00 bits per heavy atom. The summed E-state index contributed by atoms with van der Waals surface area (Å²) in [6.07, 6.45) is 0. The van der Waals surface area contributed by atoms with E-state index in [-0.39, 0.29) is 30.0 Å². The molecule has 31 heavy (non-hydrogen) atoms. The van der Waals surface area contributed by atoms with Crippen molar-refractivity contribution in [3.8, 4) is 23.0 Å². The lowest BCUT2D eigenvalue weighted by Gasteiger charge is -2.26. The van der Waals surface area contributed by atoms with Crippen molar-refractivity contribution in [2.24, 2.45) is 10.7 Å². The highest BCUT2D eigenvalue weighted by atomic mass is 127. The molecule has 3 N–H and O–H groups in total. The summed E-state index contributed by atoms with van der Waals surface area (Å²) in [5, 5.41) is 3.21. The number of rotatable bonds is 10. The number of halogens is 1. The molecule has 2 aromatic carbocycles. The maximum Gasteiger partial charge on any atom is 0.188 e. The van der Waals surface area contributed by atoms with E-state index >= 15 is 0 Å². The summed E-state index contributed by atoms with van der Waals surface area (Å²) < 4.78 is 21.3. The molecule has 0 heterocycles. The number of hydrogen-bond acceptors (Lipinski definition) is 6. The fourth-order valence-electron chi connectivity index (χ4n) is 3.07. The molecule has 1 atom stereocenters. The fourth-order valence-corrected chi connectivity index (χ4v) is 3.07. The quantitative estimate of drug-likeness (QED) is 0.270. The van der Waals surface area contributed by atoms with Crippen molar-refractivity contribution >= 4 is 29.9 Å². The Labute approximate surface area is 201 Å². The highest BCUT2D eigenvalue weighted by Gasteiger charge is 2.17. The maximum atomic E-state index is 6.10. The van der Waals surface area contributed by atoms with Gasteiger partial charge in [-0.1, -0.05) is 12.1 Å². The molecule has 0 spiro atoms. The molecule has 0 radical (unpaired) electrons. The molecule has 0 fully saturated rings. The number of aliphatic imine (C=N–C) groups is 1. The summed E-state index contributed by atoms with van der Waals surface area (Å²) in [6.45, 7) is 1.02. The van der Waals surface area contributed by atoms with Crippen LogP contribution in [0.15, 0.2) is 41.4 Å². The number of benzene rings is 2. The summed E-state index contributed by atoms with van der Waals surface area (Å²) in [5.41, 5.74) is 8.15. The molecule has 8 nitrogen and oxygen atoms in total. The Balaban J connectivity index is 0.00000480. The van der Waals surface area contributed by atoms with Gasteiger partial charge < -0.3 is 34.9 Å². The van der Waals surface area contributed by atoms with E-state index in [1.807, 2.05) is 50.5 Å². The lowest BCUT2D eigenvalue weighted by Crippen LogP contribution is -2.38. The van der Waals surface area contributed by atoms with Gasteiger partial charge in [0.15, 0.2) is 29.0 Å². The van der Waals surface area contributed by atoms with E-state index in [9.17, 15) is 0 Å². The van der Waals surface area contributed by atoms with Crippen LogP contribution in [0.4, 0.5) is 0 Å². The summed E-state index contributed by atoms with van der Waals surface area (Å²) in [6, 6.07) is 11.6. The molecule has 1 unspecified atom stereocenters. The zero-order valence-corrected chi connectivity index (χ0v) is 21.3. The summed E-state index contributed by atoms with van der Waals surface area (Å²) >= 11 is 0. The van der Waals surface area contributed by atoms with E-state index in [1.54, 1.807) is 28.4 Å². The van der Waals surface area contributed by atoms with Gasteiger partial charge in [0.25, 0.3) is 0 Å². The Morgan fingerprint density at radius 1 is 0.903 bits per heavy atom. The number of likely N-dealkylation sites (N-methyl/N-ethyl adjacent to an activating group) is 1. The number of ether oxygens (including phenoxy) is 4. The van der Waals surface area contributed by atoms with Crippen LogP contribution in [0.5, 0.6) is 23.0 Å². The molecule has 172 valence electrons. The van der Waals surface area contributed by atoms with Gasteiger partial charge in [0.1, 0.15) is 0 Å². The third-order valence-corrected chi connectivity index (χ3v) is 4.77. The molecule has 0 aliphatic carbocycles. The van der Waals surface area contributed by atoms with Gasteiger partial charge in [0.2, 0.25) is 0 Å². The molecule has 2 rings (SSSR count). The average molecular weight is 544 g/mol. The highest BCUT2D eigenvalue weighted by molar-refractivity contribution is 14.0. The molecule has 2 aromatic rings. The van der Waals surface area contributed by atoms with Crippen LogP contribution < -0.4 is 30.0 Å². The second kappa shape index (κ2) is 13.1. The van der Waals surface area contributed by atoms with Crippen LogP contribution in [-0.4, -0.2) is 59.9 Å². The zero-order valence-electron chi connectivity index (χ0n) is 19.0. The van der Waals surface area contributed by atoms with E-state index in [1.165, 1.54) is 0 Å². The first-order valence-corrected chi connectivity index (χ1v) is 9.56. The number of nitrogens with zero attached hydrogens (tertiary/aromatic N) is 2. The van der Waals surface area contributed by atoms with E-state index in [0.29, 0.717) is 42.0 Å². The average Bonchev–Trinajstić information content (AvgIpc) is 2.77. The van der Waals surface area contributed by atoms with Crippen LogP contribution in [0, 0.1) is 0 Å². The summed E-state index contributed by atoms with van der Waals surface area (Å²) in [5.74, 6) is 3.11. The van der Waals surface area contributed by atoms with Crippen molar-refractivity contribution in [3.63, 3.8) is 0 Å². The topological polar surface area (TPSA) is 90.6 Å². The summed E-state index contributed by atoms with van der Waals surface area (Å²) in [4.78, 5) is 6.54. The Kier molecular flexibility index (Phi) is 11.3. The van der Waals surface area contributed by atoms with Crippen LogP contribution >= 0.6 is 24.0 Å². The molecule has 0 aliphatic heterocycles. The lowest BCUT2D eigenvalue weighted by molar-refractivity contribution is 0.296. The molecule has 0 bridgehead atoms. The van der Waals surface area contributed by atoms with Gasteiger partial charge in [0.05, 0.1) is 41.0 Å². The van der Waals surface area contributed by atoms with Crippen LogP contribution in [-0.2, 0) is 6.54 Å². The van der Waals surface area contributed by atoms with E-state index in [0.717, 1.165) is 11.1 Å². The predicted octanol–water partition coefficient (Wildman–Crippen LogP) is 3.05. The van der Waals surface area contributed by atoms with Gasteiger partial charge in [-0.3, -0.25) is 0 Å². The van der Waals surface area contributed by atoms with Crippen molar-refractivity contribution in [1.82, 2.24) is 10.2 Å². The maximum absolute atomic E-state index is 6.10. The van der Waals surface area contributed by atoms with Gasteiger partial charge in [-0.25, -0.2) is 4.99 Å².